The molecule has 2 aromatic rings. The van der Waals surface area contributed by atoms with Gasteiger partial charge in [0.15, 0.2) is 16.8 Å². The molecule has 0 spiro atoms. The number of hydrogen-bond donors (Lipinski definition) is 2. The molecule has 0 atom stereocenters. The van der Waals surface area contributed by atoms with Gasteiger partial charge in [-0.25, -0.2) is 9.97 Å². The Hall–Kier alpha value is -2.32. The fourth-order valence-electron chi connectivity index (χ4n) is 3.69. The topological polar surface area (TPSA) is 87.4 Å². The second-order valence-electron chi connectivity index (χ2n) is 7.00. The van der Waals surface area contributed by atoms with Crippen LogP contribution in [0, 0.1) is 0 Å². The maximum absolute atomic E-state index is 12.2. The van der Waals surface area contributed by atoms with E-state index in [1.165, 1.54) is 43.3 Å². The van der Waals surface area contributed by atoms with E-state index in [4.69, 9.17) is 5.73 Å². The number of fused-ring (bicyclic) bond motifs is 1. The molecule has 8 heteroatoms. The first-order valence-electron chi connectivity index (χ1n) is 9.19. The van der Waals surface area contributed by atoms with Gasteiger partial charge in [0.25, 0.3) is 0 Å². The fourth-order valence-corrected chi connectivity index (χ4v) is 4.06. The van der Waals surface area contributed by atoms with Crippen molar-refractivity contribution >= 4 is 35.0 Å². The molecule has 0 saturated carbocycles. The number of hydrogen-bond acceptors (Lipinski definition) is 7. The first-order valence-corrected chi connectivity index (χ1v) is 10.4. The highest BCUT2D eigenvalue weighted by molar-refractivity contribution is 7.98. The summed E-state index contributed by atoms with van der Waals surface area (Å²) >= 11 is 1.44. The molecule has 1 fully saturated rings. The third-order valence-electron chi connectivity index (χ3n) is 4.95. The number of likely N-dealkylation sites (tertiary alicyclic amines) is 1. The molecular formula is C19H24N6OS. The van der Waals surface area contributed by atoms with Crippen LogP contribution in [0.5, 0.6) is 0 Å². The van der Waals surface area contributed by atoms with Crippen LogP contribution in [0.3, 0.4) is 0 Å². The number of nitrogens with two attached hydrogens (primary N) is 1. The van der Waals surface area contributed by atoms with Crippen LogP contribution < -0.4 is 16.0 Å². The van der Waals surface area contributed by atoms with Gasteiger partial charge in [0, 0.05) is 13.1 Å². The van der Waals surface area contributed by atoms with Crippen LogP contribution in [0.4, 0.5) is 17.3 Å². The minimum absolute atomic E-state index is 0.0945. The molecule has 142 valence electrons. The molecule has 0 bridgehead atoms. The fraction of sp³-hybridized carbons (Fsp3) is 0.421. The second-order valence-corrected chi connectivity index (χ2v) is 7.77. The van der Waals surface area contributed by atoms with Gasteiger partial charge in [-0.2, -0.15) is 0 Å². The predicted molar refractivity (Wildman–Crippen MR) is 109 cm³/mol. The van der Waals surface area contributed by atoms with E-state index in [0.29, 0.717) is 29.0 Å². The molecule has 3 heterocycles. The number of benzene rings is 1. The zero-order valence-corrected chi connectivity index (χ0v) is 16.3. The summed E-state index contributed by atoms with van der Waals surface area (Å²) < 4.78 is 0. The molecule has 3 N–H and O–H groups in total. The lowest BCUT2D eigenvalue weighted by Crippen LogP contribution is -2.39. The summed E-state index contributed by atoms with van der Waals surface area (Å²) in [6.45, 7) is 4.21. The lowest BCUT2D eigenvalue weighted by atomic mass is 10.1. The average molecular weight is 385 g/mol. The molecule has 2 aliphatic heterocycles. The highest BCUT2D eigenvalue weighted by Gasteiger charge is 2.27. The summed E-state index contributed by atoms with van der Waals surface area (Å²) in [5.74, 6) is 0.907. The Morgan fingerprint density at radius 1 is 1.19 bits per heavy atom. The van der Waals surface area contributed by atoms with Crippen molar-refractivity contribution in [2.75, 3.05) is 41.8 Å². The van der Waals surface area contributed by atoms with Gasteiger partial charge in [0.05, 0.1) is 6.54 Å². The Morgan fingerprint density at radius 2 is 1.93 bits per heavy atom. The first-order chi connectivity index (χ1) is 13.1. The Kier molecular flexibility index (Phi) is 5.18. The number of nitrogens with zero attached hydrogens (tertiary/aromatic N) is 4. The van der Waals surface area contributed by atoms with E-state index in [-0.39, 0.29) is 12.5 Å². The van der Waals surface area contributed by atoms with Crippen molar-refractivity contribution in [3.05, 3.63) is 35.4 Å². The molecule has 4 rings (SSSR count). The average Bonchev–Trinajstić information content (AvgIpc) is 3.15. The van der Waals surface area contributed by atoms with Crippen LogP contribution in [-0.2, 0) is 17.9 Å². The van der Waals surface area contributed by atoms with Crippen LogP contribution in [0.1, 0.15) is 24.0 Å². The molecular weight excluding hydrogens is 360 g/mol. The van der Waals surface area contributed by atoms with Crippen molar-refractivity contribution in [3.8, 4) is 0 Å². The lowest BCUT2D eigenvalue weighted by molar-refractivity contribution is -0.115. The largest absolute Gasteiger partial charge is 0.382 e. The number of rotatable bonds is 5. The van der Waals surface area contributed by atoms with Crippen LogP contribution in [-0.4, -0.2) is 46.7 Å². The Morgan fingerprint density at radius 3 is 2.67 bits per heavy atom. The Bertz CT molecular complexity index is 852. The van der Waals surface area contributed by atoms with Gasteiger partial charge >= 0.3 is 0 Å². The van der Waals surface area contributed by atoms with Gasteiger partial charge in [-0.3, -0.25) is 9.69 Å². The number of amides is 1. The zero-order chi connectivity index (χ0) is 18.8. The third kappa shape index (κ3) is 4.01. The number of carbonyl (C=O) groups excluding carboxylic acids is 1. The van der Waals surface area contributed by atoms with E-state index in [1.807, 2.05) is 11.2 Å². The van der Waals surface area contributed by atoms with Crippen LogP contribution in [0.25, 0.3) is 0 Å². The predicted octanol–water partition coefficient (Wildman–Crippen LogP) is 2.34. The van der Waals surface area contributed by atoms with E-state index >= 15 is 0 Å². The van der Waals surface area contributed by atoms with Crippen molar-refractivity contribution in [2.24, 2.45) is 0 Å². The summed E-state index contributed by atoms with van der Waals surface area (Å²) in [6, 6.07) is 8.59. The lowest BCUT2D eigenvalue weighted by Gasteiger charge is -2.30. The summed E-state index contributed by atoms with van der Waals surface area (Å²) in [4.78, 5) is 25.4. The minimum Gasteiger partial charge on any atom is -0.382 e. The molecule has 0 unspecified atom stereocenters. The molecule has 27 heavy (non-hydrogen) atoms. The van der Waals surface area contributed by atoms with Crippen molar-refractivity contribution in [1.29, 1.82) is 0 Å². The smallest absolute Gasteiger partial charge is 0.244 e. The summed E-state index contributed by atoms with van der Waals surface area (Å²) in [7, 11) is 0. The summed E-state index contributed by atoms with van der Waals surface area (Å²) in [6.07, 6.45) is 4.49. The summed E-state index contributed by atoms with van der Waals surface area (Å²) in [5.41, 5.74) is 9.02. The number of anilines is 3. The van der Waals surface area contributed by atoms with E-state index in [0.717, 1.165) is 12.1 Å². The van der Waals surface area contributed by atoms with Gasteiger partial charge in [-0.05, 0) is 43.3 Å². The second kappa shape index (κ2) is 7.74. The van der Waals surface area contributed by atoms with E-state index in [1.54, 1.807) is 0 Å². The standard InChI is InChI=1S/C19H24N6OS/c1-27-19-22-17(20)16-18(23-19)25(12-15(26)21-16)11-14-6-4-5-13(9-14)10-24-7-2-3-8-24/h4-6,9H,2-3,7-8,10-12H2,1H3,(H,21,26)(H2,20,22,23). The van der Waals surface area contributed by atoms with Gasteiger partial charge in [-0.15, -0.1) is 0 Å². The van der Waals surface area contributed by atoms with Crippen LogP contribution >= 0.6 is 11.8 Å². The molecule has 1 amide bonds. The minimum atomic E-state index is -0.0945. The van der Waals surface area contributed by atoms with Gasteiger partial charge in [0.2, 0.25) is 5.91 Å². The van der Waals surface area contributed by atoms with Gasteiger partial charge in [-0.1, -0.05) is 36.0 Å². The monoisotopic (exact) mass is 384 g/mol. The molecule has 1 aromatic carbocycles. The van der Waals surface area contributed by atoms with E-state index in [9.17, 15) is 4.79 Å². The highest BCUT2D eigenvalue weighted by Crippen LogP contribution is 2.34. The number of carbonyl (C=O) groups is 1. The maximum Gasteiger partial charge on any atom is 0.244 e. The molecule has 1 aromatic heterocycles. The molecule has 7 nitrogen and oxygen atoms in total. The normalized spacial score (nSPS) is 17.1. The maximum atomic E-state index is 12.2. The number of nitrogen functional groups attached to an aromatic ring is 1. The van der Waals surface area contributed by atoms with Crippen molar-refractivity contribution < 1.29 is 4.79 Å². The van der Waals surface area contributed by atoms with Crippen molar-refractivity contribution in [2.45, 2.75) is 31.1 Å². The Labute approximate surface area is 163 Å². The summed E-state index contributed by atoms with van der Waals surface area (Å²) in [5, 5.41) is 3.41. The molecule has 1 saturated heterocycles. The van der Waals surface area contributed by atoms with E-state index < -0.39 is 0 Å². The number of nitrogens with one attached hydrogen (secondary N) is 1. The number of aromatic nitrogens is 2. The molecule has 0 radical (unpaired) electrons. The molecule has 0 aliphatic carbocycles. The first kappa shape index (κ1) is 18.1. The van der Waals surface area contributed by atoms with E-state index in [2.05, 4.69) is 44.5 Å². The van der Waals surface area contributed by atoms with Gasteiger partial charge < -0.3 is 16.0 Å². The van der Waals surface area contributed by atoms with Gasteiger partial charge in [0.1, 0.15) is 5.69 Å². The van der Waals surface area contributed by atoms with Crippen molar-refractivity contribution in [1.82, 2.24) is 14.9 Å². The SMILES string of the molecule is CSc1nc(N)c2c(n1)N(Cc1cccc(CN3CCCC3)c1)CC(=O)N2. The van der Waals surface area contributed by atoms with Crippen molar-refractivity contribution in [3.63, 3.8) is 0 Å². The number of thioether (sulfide) groups is 1. The highest BCUT2D eigenvalue weighted by atomic mass is 32.2. The third-order valence-corrected chi connectivity index (χ3v) is 5.50. The quantitative estimate of drug-likeness (QED) is 0.604. The zero-order valence-electron chi connectivity index (χ0n) is 15.4. The van der Waals surface area contributed by atoms with Crippen LogP contribution in [0.2, 0.25) is 0 Å². The van der Waals surface area contributed by atoms with Crippen LogP contribution in [0.15, 0.2) is 29.4 Å². The Balaban J connectivity index is 1.58. The molecule has 2 aliphatic rings.